The van der Waals surface area contributed by atoms with Crippen molar-refractivity contribution in [2.45, 2.75) is 44.9 Å². The highest BCUT2D eigenvalue weighted by molar-refractivity contribution is 9.10. The molecule has 2 aliphatic heterocycles. The maximum Gasteiger partial charge on any atom is 0.213 e. The molecule has 0 aliphatic carbocycles. The predicted molar refractivity (Wildman–Crippen MR) is 125 cm³/mol. The lowest BCUT2D eigenvalue weighted by Gasteiger charge is -2.38. The van der Waals surface area contributed by atoms with E-state index in [0.717, 1.165) is 27.9 Å². The first kappa shape index (κ1) is 19.4. The molecule has 2 heterocycles. The van der Waals surface area contributed by atoms with Crippen LogP contribution in [0.3, 0.4) is 0 Å². The fourth-order valence-electron chi connectivity index (χ4n) is 4.23. The van der Waals surface area contributed by atoms with Crippen LogP contribution < -0.4 is 4.74 Å². The monoisotopic (exact) mass is 460 g/mol. The normalized spacial score (nSPS) is 20.3. The number of hydrazone groups is 1. The fourth-order valence-corrected chi connectivity index (χ4v) is 4.61. The van der Waals surface area contributed by atoms with Crippen LogP contribution in [-0.2, 0) is 5.41 Å². The summed E-state index contributed by atoms with van der Waals surface area (Å²) in [6.07, 6.45) is 0.631. The average Bonchev–Trinajstić information content (AvgIpc) is 3.19. The summed E-state index contributed by atoms with van der Waals surface area (Å²) in [6, 6.07) is 25.7. The minimum absolute atomic E-state index is 0.125. The first-order valence-corrected chi connectivity index (χ1v) is 11.2. The largest absolute Gasteiger partial charge is 0.464 e. The molecule has 3 aromatic rings. The molecule has 0 N–H and O–H groups in total. The molecule has 3 nitrogen and oxygen atoms in total. The van der Waals surface area contributed by atoms with Gasteiger partial charge in [0.05, 0.1) is 11.8 Å². The lowest BCUT2D eigenvalue weighted by atomic mass is 9.86. The standard InChI is InChI=1S/C26H25BrN2O/c1-26(2,3)19-11-9-18(10-12-19)25-29-23(21-15-20(27)13-14-24(21)30-25)16-22(28-29)17-7-5-4-6-8-17/h4-15,23,25H,16H2,1-3H3/t23-,25+/m1/s1. The van der Waals surface area contributed by atoms with Crippen molar-refractivity contribution in [3.05, 3.63) is 99.5 Å². The third kappa shape index (κ3) is 3.43. The molecule has 2 aliphatic rings. The molecule has 30 heavy (non-hydrogen) atoms. The summed E-state index contributed by atoms with van der Waals surface area (Å²) in [7, 11) is 0. The van der Waals surface area contributed by atoms with Gasteiger partial charge in [-0.2, -0.15) is 5.10 Å². The lowest BCUT2D eigenvalue weighted by molar-refractivity contribution is -0.0191. The van der Waals surface area contributed by atoms with E-state index in [-0.39, 0.29) is 17.7 Å². The number of fused-ring (bicyclic) bond motifs is 3. The molecule has 152 valence electrons. The van der Waals surface area contributed by atoms with Crippen LogP contribution in [0.15, 0.2) is 82.4 Å². The fraction of sp³-hybridized carbons (Fsp3) is 0.269. The average molecular weight is 461 g/mol. The summed E-state index contributed by atoms with van der Waals surface area (Å²) < 4.78 is 7.56. The van der Waals surface area contributed by atoms with Crippen LogP contribution >= 0.6 is 15.9 Å². The van der Waals surface area contributed by atoms with Gasteiger partial charge in [0.1, 0.15) is 5.75 Å². The number of nitrogens with zero attached hydrogens (tertiary/aromatic N) is 2. The van der Waals surface area contributed by atoms with Gasteiger partial charge < -0.3 is 4.74 Å². The summed E-state index contributed by atoms with van der Waals surface area (Å²) in [5, 5.41) is 7.19. The SMILES string of the molecule is CC(C)(C)c1ccc([C@@H]2Oc3ccc(Br)cc3[C@H]3CC(c4ccccc4)=NN32)cc1. The summed E-state index contributed by atoms with van der Waals surface area (Å²) in [5.74, 6) is 0.939. The van der Waals surface area contributed by atoms with Crippen LogP contribution in [0.2, 0.25) is 0 Å². The first-order valence-electron chi connectivity index (χ1n) is 10.4. The Balaban J connectivity index is 1.57. The Morgan fingerprint density at radius 3 is 2.40 bits per heavy atom. The Labute approximate surface area is 186 Å². The van der Waals surface area contributed by atoms with Gasteiger partial charge in [0.25, 0.3) is 0 Å². The summed E-state index contributed by atoms with van der Waals surface area (Å²) in [5.41, 5.74) is 6.03. The Hall–Kier alpha value is -2.59. The Morgan fingerprint density at radius 1 is 0.967 bits per heavy atom. The van der Waals surface area contributed by atoms with Crippen molar-refractivity contribution < 1.29 is 4.74 Å². The molecule has 0 fully saturated rings. The van der Waals surface area contributed by atoms with Crippen LogP contribution in [0.4, 0.5) is 0 Å². The predicted octanol–water partition coefficient (Wildman–Crippen LogP) is 6.99. The van der Waals surface area contributed by atoms with E-state index in [9.17, 15) is 0 Å². The molecule has 0 aromatic heterocycles. The van der Waals surface area contributed by atoms with E-state index in [1.807, 2.05) is 12.1 Å². The highest BCUT2D eigenvalue weighted by atomic mass is 79.9. The van der Waals surface area contributed by atoms with Crippen molar-refractivity contribution in [2.75, 3.05) is 0 Å². The zero-order valence-corrected chi connectivity index (χ0v) is 19.1. The van der Waals surface area contributed by atoms with Gasteiger partial charge in [0, 0.05) is 22.0 Å². The van der Waals surface area contributed by atoms with Crippen molar-refractivity contribution in [1.82, 2.24) is 5.01 Å². The van der Waals surface area contributed by atoms with E-state index in [1.165, 1.54) is 16.7 Å². The minimum atomic E-state index is -0.237. The van der Waals surface area contributed by atoms with Crippen molar-refractivity contribution in [3.63, 3.8) is 0 Å². The highest BCUT2D eigenvalue weighted by Gasteiger charge is 2.41. The minimum Gasteiger partial charge on any atom is -0.464 e. The van der Waals surface area contributed by atoms with E-state index >= 15 is 0 Å². The van der Waals surface area contributed by atoms with Crippen LogP contribution in [-0.4, -0.2) is 10.7 Å². The van der Waals surface area contributed by atoms with E-state index in [0.29, 0.717) is 0 Å². The molecule has 0 bridgehead atoms. The molecular weight excluding hydrogens is 436 g/mol. The van der Waals surface area contributed by atoms with E-state index in [4.69, 9.17) is 9.84 Å². The van der Waals surface area contributed by atoms with E-state index in [1.54, 1.807) is 0 Å². The molecule has 5 rings (SSSR count). The highest BCUT2D eigenvalue weighted by Crippen LogP contribution is 2.48. The third-order valence-electron chi connectivity index (χ3n) is 5.92. The number of hydrogen-bond donors (Lipinski definition) is 0. The van der Waals surface area contributed by atoms with Crippen LogP contribution in [0.5, 0.6) is 5.75 Å². The van der Waals surface area contributed by atoms with E-state index < -0.39 is 0 Å². The number of ether oxygens (including phenoxy) is 1. The molecule has 2 atom stereocenters. The number of rotatable bonds is 2. The number of benzene rings is 3. The second kappa shape index (κ2) is 7.28. The van der Waals surface area contributed by atoms with Gasteiger partial charge in [-0.15, -0.1) is 0 Å². The van der Waals surface area contributed by atoms with Crippen molar-refractivity contribution >= 4 is 21.6 Å². The van der Waals surface area contributed by atoms with Crippen molar-refractivity contribution in [3.8, 4) is 5.75 Å². The van der Waals surface area contributed by atoms with Gasteiger partial charge in [-0.1, -0.05) is 91.3 Å². The van der Waals surface area contributed by atoms with Crippen LogP contribution in [0.1, 0.15) is 61.7 Å². The molecule has 0 unspecified atom stereocenters. The second-order valence-corrected chi connectivity index (χ2v) is 9.95. The van der Waals surface area contributed by atoms with Crippen LogP contribution in [0.25, 0.3) is 0 Å². The quantitative estimate of drug-likeness (QED) is 0.411. The van der Waals surface area contributed by atoms with Gasteiger partial charge in [-0.05, 0) is 34.7 Å². The molecule has 0 saturated carbocycles. The topological polar surface area (TPSA) is 24.8 Å². The third-order valence-corrected chi connectivity index (χ3v) is 6.41. The molecule has 0 spiro atoms. The zero-order valence-electron chi connectivity index (χ0n) is 17.5. The van der Waals surface area contributed by atoms with Crippen LogP contribution in [0, 0.1) is 0 Å². The molecule has 0 saturated heterocycles. The molecule has 4 heteroatoms. The van der Waals surface area contributed by atoms with E-state index in [2.05, 4.69) is 102 Å². The van der Waals surface area contributed by atoms with Gasteiger partial charge in [0.2, 0.25) is 6.23 Å². The zero-order chi connectivity index (χ0) is 20.9. The summed E-state index contributed by atoms with van der Waals surface area (Å²) in [6.45, 7) is 6.71. The maximum atomic E-state index is 6.49. The molecule has 0 amide bonds. The lowest BCUT2D eigenvalue weighted by Crippen LogP contribution is -2.33. The van der Waals surface area contributed by atoms with Gasteiger partial charge in [-0.25, -0.2) is 5.01 Å². The smallest absolute Gasteiger partial charge is 0.213 e. The summed E-state index contributed by atoms with van der Waals surface area (Å²) in [4.78, 5) is 0. The van der Waals surface area contributed by atoms with Crippen molar-refractivity contribution in [2.24, 2.45) is 5.10 Å². The Kier molecular flexibility index (Phi) is 4.70. The van der Waals surface area contributed by atoms with Crippen molar-refractivity contribution in [1.29, 1.82) is 0 Å². The first-order chi connectivity index (χ1) is 14.4. The Morgan fingerprint density at radius 2 is 1.70 bits per heavy atom. The maximum absolute atomic E-state index is 6.49. The summed E-state index contributed by atoms with van der Waals surface area (Å²) >= 11 is 3.62. The van der Waals surface area contributed by atoms with Gasteiger partial charge in [0.15, 0.2) is 0 Å². The number of halogens is 1. The van der Waals surface area contributed by atoms with Gasteiger partial charge in [-0.3, -0.25) is 0 Å². The molecular formula is C26H25BrN2O. The second-order valence-electron chi connectivity index (χ2n) is 9.04. The molecule has 3 aromatic carbocycles. The Bertz CT molecular complexity index is 1100. The molecule has 0 radical (unpaired) electrons. The van der Waals surface area contributed by atoms with Gasteiger partial charge >= 0.3 is 0 Å². The number of hydrogen-bond acceptors (Lipinski definition) is 3.